The summed E-state index contributed by atoms with van der Waals surface area (Å²) in [6, 6.07) is 6.20. The van der Waals surface area contributed by atoms with Gasteiger partial charge in [-0.3, -0.25) is 4.79 Å². The highest BCUT2D eigenvalue weighted by Crippen LogP contribution is 2.56. The van der Waals surface area contributed by atoms with Gasteiger partial charge in [-0.15, -0.1) is 0 Å². The van der Waals surface area contributed by atoms with Crippen LogP contribution in [-0.4, -0.2) is 12.9 Å². The van der Waals surface area contributed by atoms with Gasteiger partial charge in [0, 0.05) is 11.8 Å². The fraction of sp³-hybridized carbons (Fsp3) is 0.471. The van der Waals surface area contributed by atoms with Crippen LogP contribution in [0.25, 0.3) is 0 Å². The lowest BCUT2D eigenvalue weighted by atomic mass is 9.63. The van der Waals surface area contributed by atoms with Crippen LogP contribution in [0.2, 0.25) is 0 Å². The van der Waals surface area contributed by atoms with Crippen LogP contribution in [-0.2, 0) is 17.6 Å². The van der Waals surface area contributed by atoms with Gasteiger partial charge in [-0.25, -0.2) is 0 Å². The summed E-state index contributed by atoms with van der Waals surface area (Å²) in [6.07, 6.45) is 8.38. The molecule has 19 heavy (non-hydrogen) atoms. The third-order valence-corrected chi connectivity index (χ3v) is 5.33. The maximum Gasteiger partial charge on any atom is 0.144 e. The maximum absolute atomic E-state index is 12.7. The minimum absolute atomic E-state index is 0.0823. The molecule has 2 nitrogen and oxygen atoms in total. The number of methoxy groups -OCH3 is 1. The molecule has 1 saturated carbocycles. The lowest BCUT2D eigenvalue weighted by molar-refractivity contribution is -0.130. The topological polar surface area (TPSA) is 26.3 Å². The van der Waals surface area contributed by atoms with E-state index in [2.05, 4.69) is 18.2 Å². The Morgan fingerprint density at radius 3 is 2.84 bits per heavy atom. The number of carbonyl (C=O) groups is 1. The molecule has 0 amide bonds. The van der Waals surface area contributed by atoms with E-state index in [0.717, 1.165) is 18.6 Å². The monoisotopic (exact) mass is 254 g/mol. The van der Waals surface area contributed by atoms with Crippen molar-refractivity contribution >= 4 is 5.78 Å². The Hall–Kier alpha value is -1.57. The minimum atomic E-state index is -0.0823. The number of carbonyl (C=O) groups excluding carboxylic acids is 1. The first-order chi connectivity index (χ1) is 9.21. The highest BCUT2D eigenvalue weighted by molar-refractivity contribution is 5.90. The molecule has 1 fully saturated rings. The van der Waals surface area contributed by atoms with E-state index in [-0.39, 0.29) is 5.41 Å². The van der Waals surface area contributed by atoms with E-state index >= 15 is 0 Å². The smallest absolute Gasteiger partial charge is 0.144 e. The van der Waals surface area contributed by atoms with Crippen molar-refractivity contribution in [2.75, 3.05) is 7.11 Å². The molecule has 1 spiro atoms. The molecule has 0 aromatic heterocycles. The molecule has 0 heterocycles. The van der Waals surface area contributed by atoms with Crippen LogP contribution in [0, 0.1) is 17.3 Å². The minimum Gasteiger partial charge on any atom is -0.497 e. The predicted octanol–water partition coefficient (Wildman–Crippen LogP) is 2.95. The van der Waals surface area contributed by atoms with Gasteiger partial charge in [-0.1, -0.05) is 18.2 Å². The van der Waals surface area contributed by atoms with Crippen LogP contribution in [0.3, 0.4) is 0 Å². The number of hydrogen-bond acceptors (Lipinski definition) is 2. The van der Waals surface area contributed by atoms with Gasteiger partial charge >= 0.3 is 0 Å². The zero-order valence-corrected chi connectivity index (χ0v) is 11.2. The normalized spacial score (nSPS) is 34.9. The molecule has 3 unspecified atom stereocenters. The van der Waals surface area contributed by atoms with E-state index in [9.17, 15) is 4.79 Å². The van der Waals surface area contributed by atoms with Crippen molar-refractivity contribution in [2.45, 2.75) is 25.7 Å². The summed E-state index contributed by atoms with van der Waals surface area (Å²) in [5.41, 5.74) is 2.43. The largest absolute Gasteiger partial charge is 0.497 e. The second-order valence-electron chi connectivity index (χ2n) is 6.26. The summed E-state index contributed by atoms with van der Waals surface area (Å²) in [6.45, 7) is 0. The Kier molecular flexibility index (Phi) is 2.21. The SMILES string of the molecule is COc1ccc2c(c1)CC(=O)C1(C2)CC2C=CC1C2. The van der Waals surface area contributed by atoms with Gasteiger partial charge in [0.25, 0.3) is 0 Å². The first-order valence-corrected chi connectivity index (χ1v) is 7.09. The molecule has 0 N–H and O–H groups in total. The number of benzene rings is 1. The van der Waals surface area contributed by atoms with Crippen LogP contribution in [0.5, 0.6) is 5.75 Å². The van der Waals surface area contributed by atoms with E-state index in [4.69, 9.17) is 4.74 Å². The number of allylic oxidation sites excluding steroid dienone is 2. The molecule has 98 valence electrons. The van der Waals surface area contributed by atoms with Crippen LogP contribution < -0.4 is 4.74 Å². The Balaban J connectivity index is 1.75. The third-order valence-electron chi connectivity index (χ3n) is 5.33. The lowest BCUT2D eigenvalue weighted by Crippen LogP contribution is -2.41. The summed E-state index contributed by atoms with van der Waals surface area (Å²) in [7, 11) is 1.68. The highest BCUT2D eigenvalue weighted by Gasteiger charge is 2.54. The molecule has 0 aliphatic heterocycles. The molecule has 2 bridgehead atoms. The average Bonchev–Trinajstić information content (AvgIpc) is 3.01. The molecule has 0 radical (unpaired) electrons. The Bertz CT molecular complexity index is 587. The van der Waals surface area contributed by atoms with Crippen molar-refractivity contribution in [3.63, 3.8) is 0 Å². The maximum atomic E-state index is 12.7. The number of ketones is 1. The molecular formula is C17H18O2. The van der Waals surface area contributed by atoms with Crippen molar-refractivity contribution in [2.24, 2.45) is 17.3 Å². The molecule has 4 rings (SSSR count). The molecule has 2 heteroatoms. The zero-order valence-electron chi connectivity index (χ0n) is 11.2. The van der Waals surface area contributed by atoms with Gasteiger partial charge in [0.2, 0.25) is 0 Å². The number of hydrogen-bond donors (Lipinski definition) is 0. The van der Waals surface area contributed by atoms with Gasteiger partial charge in [0.05, 0.1) is 7.11 Å². The van der Waals surface area contributed by atoms with E-state index < -0.39 is 0 Å². The van der Waals surface area contributed by atoms with E-state index in [0.29, 0.717) is 24.0 Å². The van der Waals surface area contributed by atoms with Crippen LogP contribution in [0.4, 0.5) is 0 Å². The zero-order chi connectivity index (χ0) is 13.0. The van der Waals surface area contributed by atoms with Crippen LogP contribution in [0.1, 0.15) is 24.0 Å². The summed E-state index contributed by atoms with van der Waals surface area (Å²) in [5.74, 6) is 2.44. The Labute approximate surface area is 113 Å². The average molecular weight is 254 g/mol. The van der Waals surface area contributed by atoms with Gasteiger partial charge < -0.3 is 4.74 Å². The predicted molar refractivity (Wildman–Crippen MR) is 73.2 cm³/mol. The van der Waals surface area contributed by atoms with E-state index in [1.807, 2.05) is 12.1 Å². The van der Waals surface area contributed by atoms with Gasteiger partial charge in [-0.05, 0) is 54.4 Å². The lowest BCUT2D eigenvalue weighted by Gasteiger charge is -2.38. The third kappa shape index (κ3) is 1.46. The fourth-order valence-electron chi connectivity index (χ4n) is 4.33. The number of ether oxygens (including phenoxy) is 1. The van der Waals surface area contributed by atoms with E-state index in [1.165, 1.54) is 17.5 Å². The molecule has 1 aromatic carbocycles. The summed E-state index contributed by atoms with van der Waals surface area (Å²) in [4.78, 5) is 12.7. The second kappa shape index (κ2) is 3.72. The van der Waals surface area contributed by atoms with Crippen molar-refractivity contribution < 1.29 is 9.53 Å². The second-order valence-corrected chi connectivity index (χ2v) is 6.26. The van der Waals surface area contributed by atoms with Crippen molar-refractivity contribution in [3.8, 4) is 5.75 Å². The fourth-order valence-corrected chi connectivity index (χ4v) is 4.33. The Morgan fingerprint density at radius 1 is 1.26 bits per heavy atom. The molecular weight excluding hydrogens is 236 g/mol. The number of rotatable bonds is 1. The van der Waals surface area contributed by atoms with Crippen LogP contribution >= 0.6 is 0 Å². The quantitative estimate of drug-likeness (QED) is 0.720. The summed E-state index contributed by atoms with van der Waals surface area (Å²) in [5, 5.41) is 0. The highest BCUT2D eigenvalue weighted by atomic mass is 16.5. The number of Topliss-reactive ketones (excluding diaryl/α,β-unsaturated/α-hetero) is 1. The first kappa shape index (κ1) is 11.3. The first-order valence-electron chi connectivity index (χ1n) is 7.09. The Morgan fingerprint density at radius 2 is 2.16 bits per heavy atom. The van der Waals surface area contributed by atoms with Gasteiger partial charge in [0.1, 0.15) is 11.5 Å². The summed E-state index contributed by atoms with van der Waals surface area (Å²) >= 11 is 0. The molecule has 1 aromatic rings. The molecule has 3 aliphatic carbocycles. The van der Waals surface area contributed by atoms with Gasteiger partial charge in [-0.2, -0.15) is 0 Å². The molecule has 0 saturated heterocycles. The summed E-state index contributed by atoms with van der Waals surface area (Å²) < 4.78 is 5.26. The molecule has 3 atom stereocenters. The van der Waals surface area contributed by atoms with E-state index in [1.54, 1.807) is 7.11 Å². The van der Waals surface area contributed by atoms with Crippen molar-refractivity contribution in [1.82, 2.24) is 0 Å². The standard InChI is InChI=1S/C17H18O2/c1-19-15-5-3-12-10-17(16(18)8-13(12)7-15)9-11-2-4-14(17)6-11/h2-5,7,11,14H,6,8-10H2,1H3. The van der Waals surface area contributed by atoms with Crippen LogP contribution in [0.15, 0.2) is 30.4 Å². The van der Waals surface area contributed by atoms with Crippen molar-refractivity contribution in [1.29, 1.82) is 0 Å². The van der Waals surface area contributed by atoms with Gasteiger partial charge in [0.15, 0.2) is 0 Å². The molecule has 3 aliphatic rings. The number of fused-ring (bicyclic) bond motifs is 4. The van der Waals surface area contributed by atoms with Crippen molar-refractivity contribution in [3.05, 3.63) is 41.5 Å².